The highest BCUT2D eigenvalue weighted by atomic mass is 35.5. The van der Waals surface area contributed by atoms with Gasteiger partial charge in [-0.2, -0.15) is 0 Å². The molecule has 1 heterocycles. The maximum Gasteiger partial charge on any atom is 0.342 e. The summed E-state index contributed by atoms with van der Waals surface area (Å²) in [6, 6.07) is 4.37. The molecule has 0 amide bonds. The zero-order chi connectivity index (χ0) is 16.5. The molecule has 0 atom stereocenters. The van der Waals surface area contributed by atoms with Gasteiger partial charge in [-0.25, -0.2) is 18.6 Å². The molecule has 0 N–H and O–H groups in total. The van der Waals surface area contributed by atoms with Crippen LogP contribution in [-0.4, -0.2) is 16.6 Å². The smallest absolute Gasteiger partial charge is 0.342 e. The molecule has 0 saturated heterocycles. The number of carbonyl (C=O) groups excluding carboxylic acids is 1. The maximum atomic E-state index is 14.0. The summed E-state index contributed by atoms with van der Waals surface area (Å²) in [5.74, 6) is -2.04. The Morgan fingerprint density at radius 3 is 2.50 bits per heavy atom. The van der Waals surface area contributed by atoms with Crippen LogP contribution in [0.1, 0.15) is 31.1 Å². The van der Waals surface area contributed by atoms with Crippen LogP contribution in [0.15, 0.2) is 30.5 Å². The lowest BCUT2D eigenvalue weighted by molar-refractivity contribution is 0.00702. The molecule has 0 bridgehead atoms. The highest BCUT2D eigenvalue weighted by molar-refractivity contribution is 6.33. The number of hydrogen-bond donors (Lipinski definition) is 0. The summed E-state index contributed by atoms with van der Waals surface area (Å²) >= 11 is 5.97. The number of aromatic nitrogens is 1. The minimum absolute atomic E-state index is 0.0786. The Labute approximate surface area is 131 Å². The predicted molar refractivity (Wildman–Crippen MR) is 79.8 cm³/mol. The first-order chi connectivity index (χ1) is 10.2. The molecular formula is C16H14ClF2NO2. The van der Waals surface area contributed by atoms with Crippen LogP contribution in [-0.2, 0) is 4.74 Å². The molecule has 22 heavy (non-hydrogen) atoms. The first-order valence-electron chi connectivity index (χ1n) is 6.52. The molecule has 116 valence electrons. The van der Waals surface area contributed by atoms with Crippen LogP contribution in [0.4, 0.5) is 8.78 Å². The van der Waals surface area contributed by atoms with Crippen molar-refractivity contribution in [3.63, 3.8) is 0 Å². The molecule has 0 aliphatic rings. The lowest BCUT2D eigenvalue weighted by atomic mass is 10.0. The van der Waals surface area contributed by atoms with E-state index in [1.54, 1.807) is 20.8 Å². The van der Waals surface area contributed by atoms with Gasteiger partial charge in [0.15, 0.2) is 0 Å². The van der Waals surface area contributed by atoms with E-state index in [-0.39, 0.29) is 21.8 Å². The second-order valence-corrected chi connectivity index (χ2v) is 6.01. The zero-order valence-corrected chi connectivity index (χ0v) is 13.0. The molecule has 6 heteroatoms. The first-order valence-corrected chi connectivity index (χ1v) is 6.90. The normalized spacial score (nSPS) is 11.4. The number of ether oxygens (including phenoxy) is 1. The Balaban J connectivity index is 2.61. The van der Waals surface area contributed by atoms with Crippen LogP contribution in [0.3, 0.4) is 0 Å². The molecule has 0 fully saturated rings. The van der Waals surface area contributed by atoms with Crippen molar-refractivity contribution in [2.45, 2.75) is 26.4 Å². The summed E-state index contributed by atoms with van der Waals surface area (Å²) in [4.78, 5) is 16.1. The molecular weight excluding hydrogens is 312 g/mol. The number of halogens is 3. The maximum absolute atomic E-state index is 14.0. The molecule has 0 unspecified atom stereocenters. The van der Waals surface area contributed by atoms with Gasteiger partial charge in [-0.05, 0) is 45.0 Å². The fourth-order valence-corrected chi connectivity index (χ4v) is 2.12. The van der Waals surface area contributed by atoms with Gasteiger partial charge in [0.1, 0.15) is 28.0 Å². The Hall–Kier alpha value is -2.01. The molecule has 3 nitrogen and oxygen atoms in total. The molecule has 0 aliphatic heterocycles. The number of pyridine rings is 1. The summed E-state index contributed by atoms with van der Waals surface area (Å²) in [6.07, 6.45) is 1.32. The first kappa shape index (κ1) is 16.4. The van der Waals surface area contributed by atoms with Crippen LogP contribution in [0.5, 0.6) is 0 Å². The third-order valence-corrected chi connectivity index (χ3v) is 3.01. The van der Waals surface area contributed by atoms with Crippen molar-refractivity contribution < 1.29 is 18.3 Å². The van der Waals surface area contributed by atoms with E-state index in [1.807, 2.05) is 0 Å². The molecule has 0 radical (unpaired) electrons. The SMILES string of the molecule is CC(C)(C)OC(=O)c1c(-c2cc(F)ccc2F)ccnc1Cl. The Kier molecular flexibility index (Phi) is 4.47. The van der Waals surface area contributed by atoms with Gasteiger partial charge in [-0.1, -0.05) is 11.6 Å². The Bertz CT molecular complexity index is 727. The number of carbonyl (C=O) groups is 1. The third-order valence-electron chi connectivity index (χ3n) is 2.73. The molecule has 1 aromatic heterocycles. The summed E-state index contributed by atoms with van der Waals surface area (Å²) in [5.41, 5.74) is -0.798. The zero-order valence-electron chi connectivity index (χ0n) is 12.3. The average molecular weight is 326 g/mol. The van der Waals surface area contributed by atoms with Crippen LogP contribution in [0.25, 0.3) is 11.1 Å². The van der Waals surface area contributed by atoms with E-state index >= 15 is 0 Å². The molecule has 0 aliphatic carbocycles. The van der Waals surface area contributed by atoms with Crippen LogP contribution >= 0.6 is 11.6 Å². The third kappa shape index (κ3) is 3.60. The van der Waals surface area contributed by atoms with Gasteiger partial charge in [0.2, 0.25) is 0 Å². The highest BCUT2D eigenvalue weighted by Gasteiger charge is 2.25. The van der Waals surface area contributed by atoms with Crippen molar-refractivity contribution in [3.8, 4) is 11.1 Å². The van der Waals surface area contributed by atoms with E-state index in [9.17, 15) is 13.6 Å². The Morgan fingerprint density at radius 2 is 1.86 bits per heavy atom. The van der Waals surface area contributed by atoms with Crippen molar-refractivity contribution in [2.24, 2.45) is 0 Å². The standard InChI is InChI=1S/C16H14ClF2NO2/c1-16(2,3)22-15(21)13-10(6-7-20-14(13)17)11-8-9(18)4-5-12(11)19/h4-8H,1-3H3. The topological polar surface area (TPSA) is 39.2 Å². The van der Waals surface area contributed by atoms with Gasteiger partial charge in [0.25, 0.3) is 0 Å². The molecule has 2 aromatic rings. The van der Waals surface area contributed by atoms with Crippen molar-refractivity contribution >= 4 is 17.6 Å². The van der Waals surface area contributed by atoms with Crippen LogP contribution < -0.4 is 0 Å². The van der Waals surface area contributed by atoms with E-state index in [4.69, 9.17) is 16.3 Å². The number of rotatable bonds is 2. The van der Waals surface area contributed by atoms with Crippen molar-refractivity contribution in [3.05, 3.63) is 52.8 Å². The Morgan fingerprint density at radius 1 is 1.18 bits per heavy atom. The summed E-state index contributed by atoms with van der Waals surface area (Å²) < 4.78 is 32.6. The van der Waals surface area contributed by atoms with E-state index in [1.165, 1.54) is 12.3 Å². The summed E-state index contributed by atoms with van der Waals surface area (Å²) in [7, 11) is 0. The van der Waals surface area contributed by atoms with Gasteiger partial charge < -0.3 is 4.74 Å². The lowest BCUT2D eigenvalue weighted by Gasteiger charge is -2.21. The van der Waals surface area contributed by atoms with E-state index in [2.05, 4.69) is 4.98 Å². The minimum Gasteiger partial charge on any atom is -0.456 e. The van der Waals surface area contributed by atoms with Gasteiger partial charge >= 0.3 is 5.97 Å². The molecule has 2 rings (SSSR count). The number of benzene rings is 1. The predicted octanol–water partition coefficient (Wildman–Crippen LogP) is 4.64. The quantitative estimate of drug-likeness (QED) is 0.596. The average Bonchev–Trinajstić information content (AvgIpc) is 2.39. The summed E-state index contributed by atoms with van der Waals surface area (Å²) in [6.45, 7) is 5.08. The van der Waals surface area contributed by atoms with Crippen LogP contribution in [0.2, 0.25) is 5.15 Å². The van der Waals surface area contributed by atoms with E-state index < -0.39 is 23.2 Å². The van der Waals surface area contributed by atoms with Crippen molar-refractivity contribution in [1.29, 1.82) is 0 Å². The monoisotopic (exact) mass is 325 g/mol. The number of hydrogen-bond acceptors (Lipinski definition) is 3. The second-order valence-electron chi connectivity index (χ2n) is 5.65. The number of esters is 1. The molecule has 0 saturated carbocycles. The van der Waals surface area contributed by atoms with E-state index in [0.717, 1.165) is 18.2 Å². The minimum atomic E-state index is -0.756. The fraction of sp³-hybridized carbons (Fsp3) is 0.250. The lowest BCUT2D eigenvalue weighted by Crippen LogP contribution is -2.24. The van der Waals surface area contributed by atoms with Gasteiger partial charge in [-0.3, -0.25) is 0 Å². The van der Waals surface area contributed by atoms with Gasteiger partial charge in [0, 0.05) is 17.3 Å². The van der Waals surface area contributed by atoms with Gasteiger partial charge in [-0.15, -0.1) is 0 Å². The van der Waals surface area contributed by atoms with E-state index in [0.29, 0.717) is 0 Å². The molecule has 1 aromatic carbocycles. The number of nitrogens with zero attached hydrogens (tertiary/aromatic N) is 1. The van der Waals surface area contributed by atoms with Crippen molar-refractivity contribution in [2.75, 3.05) is 0 Å². The van der Waals surface area contributed by atoms with Gasteiger partial charge in [0.05, 0.1) is 0 Å². The van der Waals surface area contributed by atoms with Crippen molar-refractivity contribution in [1.82, 2.24) is 4.98 Å². The summed E-state index contributed by atoms with van der Waals surface area (Å²) in [5, 5.41) is -0.129. The highest BCUT2D eigenvalue weighted by Crippen LogP contribution is 2.31. The largest absolute Gasteiger partial charge is 0.456 e. The van der Waals surface area contributed by atoms with Crippen LogP contribution in [0, 0.1) is 11.6 Å². The molecule has 0 spiro atoms. The fourth-order valence-electron chi connectivity index (χ4n) is 1.89. The second kappa shape index (κ2) is 6.01.